The summed E-state index contributed by atoms with van der Waals surface area (Å²) in [4.78, 5) is 23.0. The van der Waals surface area contributed by atoms with Gasteiger partial charge in [0.15, 0.2) is 11.5 Å². The average molecular weight is 506 g/mol. The summed E-state index contributed by atoms with van der Waals surface area (Å²) in [6.07, 6.45) is 0. The number of nitro groups is 1. The SMILES string of the molecule is COc1ccc(S(=O)(=O)N(CC(=O)Nc2cccc([N+](=O)[O-])c2)c2ccc(Cl)cc2)cc1OC. The van der Waals surface area contributed by atoms with Gasteiger partial charge in [0.2, 0.25) is 5.91 Å². The number of benzene rings is 3. The predicted molar refractivity (Wildman–Crippen MR) is 127 cm³/mol. The van der Waals surface area contributed by atoms with Crippen molar-refractivity contribution in [3.05, 3.63) is 81.9 Å². The Kier molecular flexibility index (Phi) is 7.59. The van der Waals surface area contributed by atoms with Gasteiger partial charge in [-0.15, -0.1) is 0 Å². The van der Waals surface area contributed by atoms with Gasteiger partial charge in [-0.2, -0.15) is 0 Å². The molecule has 0 unspecified atom stereocenters. The number of methoxy groups -OCH3 is 2. The number of non-ortho nitro benzene ring substituents is 1. The number of sulfonamides is 1. The molecule has 3 aromatic rings. The number of carbonyl (C=O) groups excluding carboxylic acids is 1. The molecule has 0 bridgehead atoms. The maximum absolute atomic E-state index is 13.5. The quantitative estimate of drug-likeness (QED) is 0.342. The van der Waals surface area contributed by atoms with Gasteiger partial charge < -0.3 is 14.8 Å². The van der Waals surface area contributed by atoms with Crippen LogP contribution in [0, 0.1) is 10.1 Å². The van der Waals surface area contributed by atoms with Gasteiger partial charge in [0.25, 0.3) is 15.7 Å². The van der Waals surface area contributed by atoms with Crippen molar-refractivity contribution >= 4 is 44.6 Å². The first-order valence-electron chi connectivity index (χ1n) is 9.70. The van der Waals surface area contributed by atoms with Gasteiger partial charge in [-0.1, -0.05) is 17.7 Å². The summed E-state index contributed by atoms with van der Waals surface area (Å²) in [6.45, 7) is -0.610. The number of ether oxygens (including phenoxy) is 2. The summed E-state index contributed by atoms with van der Waals surface area (Å²) in [5.74, 6) is -0.178. The van der Waals surface area contributed by atoms with E-state index < -0.39 is 27.4 Å². The molecule has 0 heterocycles. The fraction of sp³-hybridized carbons (Fsp3) is 0.136. The van der Waals surface area contributed by atoms with Crippen LogP contribution in [0.1, 0.15) is 0 Å². The van der Waals surface area contributed by atoms with Crippen LogP contribution in [0.2, 0.25) is 5.02 Å². The number of nitrogens with one attached hydrogen (secondary N) is 1. The Balaban J connectivity index is 1.97. The van der Waals surface area contributed by atoms with Gasteiger partial charge >= 0.3 is 0 Å². The number of hydrogen-bond acceptors (Lipinski definition) is 7. The molecule has 3 rings (SSSR count). The van der Waals surface area contributed by atoms with E-state index in [0.29, 0.717) is 10.8 Å². The van der Waals surface area contributed by atoms with Gasteiger partial charge in [-0.25, -0.2) is 8.42 Å². The molecule has 1 amide bonds. The molecule has 0 saturated heterocycles. The van der Waals surface area contributed by atoms with Crippen LogP contribution >= 0.6 is 11.6 Å². The van der Waals surface area contributed by atoms with Gasteiger partial charge in [0.1, 0.15) is 6.54 Å². The predicted octanol–water partition coefficient (Wildman–Crippen LogP) is 4.10. The molecule has 34 heavy (non-hydrogen) atoms. The smallest absolute Gasteiger partial charge is 0.271 e. The van der Waals surface area contributed by atoms with E-state index in [4.69, 9.17) is 21.1 Å². The first-order valence-corrected chi connectivity index (χ1v) is 11.5. The van der Waals surface area contributed by atoms with E-state index in [9.17, 15) is 23.3 Å². The van der Waals surface area contributed by atoms with Crippen molar-refractivity contribution in [2.75, 3.05) is 30.4 Å². The molecular formula is C22H20ClN3O7S. The van der Waals surface area contributed by atoms with E-state index >= 15 is 0 Å². The summed E-state index contributed by atoms with van der Waals surface area (Å²) >= 11 is 5.94. The third kappa shape index (κ3) is 5.56. The average Bonchev–Trinajstić information content (AvgIpc) is 2.82. The van der Waals surface area contributed by atoms with Gasteiger partial charge in [-0.05, 0) is 42.5 Å². The highest BCUT2D eigenvalue weighted by Gasteiger charge is 2.28. The zero-order valence-corrected chi connectivity index (χ0v) is 19.7. The van der Waals surface area contributed by atoms with E-state index in [2.05, 4.69) is 5.32 Å². The number of nitrogens with zero attached hydrogens (tertiary/aromatic N) is 2. The van der Waals surface area contributed by atoms with Gasteiger partial charge in [0, 0.05) is 28.9 Å². The molecule has 0 aliphatic heterocycles. The Morgan fingerprint density at radius 1 is 1.03 bits per heavy atom. The Hall–Kier alpha value is -3.83. The second-order valence-corrected chi connectivity index (χ2v) is 9.16. The summed E-state index contributed by atoms with van der Waals surface area (Å²) in [6, 6.07) is 15.3. The molecule has 0 aliphatic carbocycles. The molecule has 0 radical (unpaired) electrons. The highest BCUT2D eigenvalue weighted by molar-refractivity contribution is 7.92. The van der Waals surface area contributed by atoms with Crippen LogP contribution in [0.15, 0.2) is 71.6 Å². The number of rotatable bonds is 9. The van der Waals surface area contributed by atoms with Crippen molar-refractivity contribution in [3.63, 3.8) is 0 Å². The third-order valence-corrected chi connectivity index (χ3v) is 6.71. The van der Waals surface area contributed by atoms with Crippen LogP contribution in [0.3, 0.4) is 0 Å². The first kappa shape index (κ1) is 24.8. The number of nitro benzene ring substituents is 1. The lowest BCUT2D eigenvalue weighted by Crippen LogP contribution is -2.38. The largest absolute Gasteiger partial charge is 0.493 e. The number of anilines is 2. The lowest BCUT2D eigenvalue weighted by molar-refractivity contribution is -0.384. The van der Waals surface area contributed by atoms with E-state index in [-0.39, 0.29) is 27.7 Å². The van der Waals surface area contributed by atoms with Crippen LogP contribution in [-0.2, 0) is 14.8 Å². The van der Waals surface area contributed by atoms with E-state index in [0.717, 1.165) is 4.31 Å². The molecule has 0 fully saturated rings. The molecule has 0 aliphatic rings. The summed E-state index contributed by atoms with van der Waals surface area (Å²) < 4.78 is 38.4. The summed E-state index contributed by atoms with van der Waals surface area (Å²) in [5.41, 5.74) is 0.123. The Morgan fingerprint density at radius 3 is 2.32 bits per heavy atom. The van der Waals surface area contributed by atoms with Crippen LogP contribution in [0.4, 0.5) is 17.1 Å². The van der Waals surface area contributed by atoms with E-state index in [1.807, 2.05) is 0 Å². The molecule has 12 heteroatoms. The molecule has 3 aromatic carbocycles. The van der Waals surface area contributed by atoms with Crippen molar-refractivity contribution in [1.29, 1.82) is 0 Å². The van der Waals surface area contributed by atoms with Crippen molar-refractivity contribution in [1.82, 2.24) is 0 Å². The summed E-state index contributed by atoms with van der Waals surface area (Å²) in [7, 11) is -1.45. The fourth-order valence-electron chi connectivity index (χ4n) is 3.05. The number of hydrogen-bond donors (Lipinski definition) is 1. The molecule has 0 spiro atoms. The van der Waals surface area contributed by atoms with Crippen molar-refractivity contribution in [2.45, 2.75) is 4.90 Å². The van der Waals surface area contributed by atoms with Crippen LogP contribution < -0.4 is 19.1 Å². The fourth-order valence-corrected chi connectivity index (χ4v) is 4.62. The first-order chi connectivity index (χ1) is 16.1. The van der Waals surface area contributed by atoms with Crippen LogP contribution in [0.5, 0.6) is 11.5 Å². The minimum Gasteiger partial charge on any atom is -0.493 e. The van der Waals surface area contributed by atoms with Crippen molar-refractivity contribution in [3.8, 4) is 11.5 Å². The molecule has 1 N–H and O–H groups in total. The zero-order valence-electron chi connectivity index (χ0n) is 18.1. The number of halogens is 1. The third-order valence-electron chi connectivity index (χ3n) is 4.69. The van der Waals surface area contributed by atoms with E-state index in [1.165, 1.54) is 80.9 Å². The molecule has 0 saturated carbocycles. The molecule has 178 valence electrons. The monoisotopic (exact) mass is 505 g/mol. The van der Waals surface area contributed by atoms with Gasteiger partial charge in [-0.3, -0.25) is 19.2 Å². The standard InChI is InChI=1S/C22H20ClN3O7S/c1-32-20-11-10-19(13-21(20)33-2)34(30,31)25(17-8-6-15(23)7-9-17)14-22(27)24-16-4-3-5-18(12-16)26(28)29/h3-13H,14H2,1-2H3,(H,24,27). The van der Waals surface area contributed by atoms with Crippen molar-refractivity contribution in [2.24, 2.45) is 0 Å². The maximum atomic E-state index is 13.5. The van der Waals surface area contributed by atoms with Crippen molar-refractivity contribution < 1.29 is 27.6 Å². The lowest BCUT2D eigenvalue weighted by atomic mass is 10.3. The Labute approximate surface area is 200 Å². The molecular weight excluding hydrogens is 486 g/mol. The highest BCUT2D eigenvalue weighted by atomic mass is 35.5. The Bertz CT molecular complexity index is 1310. The zero-order chi connectivity index (χ0) is 24.9. The number of carbonyl (C=O) groups is 1. The molecule has 10 nitrogen and oxygen atoms in total. The minimum atomic E-state index is -4.25. The van der Waals surface area contributed by atoms with Crippen LogP contribution in [-0.4, -0.2) is 40.0 Å². The van der Waals surface area contributed by atoms with E-state index in [1.54, 1.807) is 0 Å². The number of amides is 1. The molecule has 0 atom stereocenters. The topological polar surface area (TPSA) is 128 Å². The van der Waals surface area contributed by atoms with Gasteiger partial charge in [0.05, 0.1) is 29.7 Å². The molecule has 0 aromatic heterocycles. The normalized spacial score (nSPS) is 10.9. The highest BCUT2D eigenvalue weighted by Crippen LogP contribution is 2.32. The Morgan fingerprint density at radius 2 is 1.71 bits per heavy atom. The minimum absolute atomic E-state index is 0.136. The lowest BCUT2D eigenvalue weighted by Gasteiger charge is -2.24. The summed E-state index contributed by atoms with van der Waals surface area (Å²) in [5, 5.41) is 13.9. The second kappa shape index (κ2) is 10.4. The maximum Gasteiger partial charge on any atom is 0.271 e. The second-order valence-electron chi connectivity index (χ2n) is 6.86. The van der Waals surface area contributed by atoms with Crippen LogP contribution in [0.25, 0.3) is 0 Å².